The standard InChI is InChI=1S/C11H29NOSi2/c1-8-13-11-9-10-12(14(2,3)4)15(5,6)7/h8-11H2,1-7H3. The summed E-state index contributed by atoms with van der Waals surface area (Å²) in [6, 6.07) is 0. The van der Waals surface area contributed by atoms with E-state index in [9.17, 15) is 0 Å². The minimum Gasteiger partial charge on any atom is -0.382 e. The molecule has 4 heteroatoms. The average Bonchev–Trinajstić information content (AvgIpc) is 1.99. The topological polar surface area (TPSA) is 12.5 Å². The van der Waals surface area contributed by atoms with Crippen molar-refractivity contribution in [2.75, 3.05) is 19.8 Å². The van der Waals surface area contributed by atoms with Crippen molar-refractivity contribution in [3.63, 3.8) is 0 Å². The van der Waals surface area contributed by atoms with Crippen molar-refractivity contribution in [1.82, 2.24) is 4.23 Å². The van der Waals surface area contributed by atoms with Crippen LogP contribution in [0.2, 0.25) is 39.3 Å². The second-order valence-corrected chi connectivity index (χ2v) is 16.3. The predicted molar refractivity (Wildman–Crippen MR) is 74.5 cm³/mol. The van der Waals surface area contributed by atoms with Gasteiger partial charge in [0.15, 0.2) is 0 Å². The van der Waals surface area contributed by atoms with Gasteiger partial charge in [0.2, 0.25) is 0 Å². The lowest BCUT2D eigenvalue weighted by molar-refractivity contribution is 0.143. The monoisotopic (exact) mass is 247 g/mol. The van der Waals surface area contributed by atoms with Gasteiger partial charge < -0.3 is 8.97 Å². The molecule has 0 rings (SSSR count). The number of hydrogen-bond donors (Lipinski definition) is 0. The number of rotatable bonds is 7. The zero-order chi connectivity index (χ0) is 12.1. The van der Waals surface area contributed by atoms with Gasteiger partial charge in [-0.15, -0.1) is 0 Å². The maximum atomic E-state index is 5.41. The first kappa shape index (κ1) is 15.4. The summed E-state index contributed by atoms with van der Waals surface area (Å²) in [5, 5.41) is 0. The Kier molecular flexibility index (Phi) is 6.32. The molecule has 92 valence electrons. The van der Waals surface area contributed by atoms with Gasteiger partial charge >= 0.3 is 0 Å². The molecular weight excluding hydrogens is 218 g/mol. The lowest BCUT2D eigenvalue weighted by Gasteiger charge is -2.43. The van der Waals surface area contributed by atoms with E-state index in [2.05, 4.69) is 50.4 Å². The quantitative estimate of drug-likeness (QED) is 0.505. The van der Waals surface area contributed by atoms with Crippen molar-refractivity contribution < 1.29 is 4.74 Å². The zero-order valence-corrected chi connectivity index (χ0v) is 13.7. The third-order valence-corrected chi connectivity index (χ3v) is 10.2. The van der Waals surface area contributed by atoms with Crippen molar-refractivity contribution in [3.05, 3.63) is 0 Å². The Morgan fingerprint density at radius 2 is 1.40 bits per heavy atom. The second-order valence-electron chi connectivity index (χ2n) is 6.04. The van der Waals surface area contributed by atoms with Crippen LogP contribution < -0.4 is 0 Å². The minimum atomic E-state index is -1.14. The highest BCUT2D eigenvalue weighted by atomic mass is 28.4. The van der Waals surface area contributed by atoms with Crippen LogP contribution >= 0.6 is 0 Å². The molecule has 0 spiro atoms. The molecule has 0 fully saturated rings. The van der Waals surface area contributed by atoms with E-state index in [1.165, 1.54) is 13.0 Å². The molecule has 0 aliphatic heterocycles. The summed E-state index contributed by atoms with van der Waals surface area (Å²) in [4.78, 5) is 0. The number of hydrogen-bond acceptors (Lipinski definition) is 2. The predicted octanol–water partition coefficient (Wildman–Crippen LogP) is 3.38. The van der Waals surface area contributed by atoms with Crippen LogP contribution in [0.5, 0.6) is 0 Å². The number of nitrogens with zero attached hydrogens (tertiary/aromatic N) is 1. The molecule has 15 heavy (non-hydrogen) atoms. The molecule has 0 aromatic carbocycles. The summed E-state index contributed by atoms with van der Waals surface area (Å²) in [5.74, 6) is 0. The molecule has 0 saturated heterocycles. The molecule has 0 aliphatic carbocycles. The van der Waals surface area contributed by atoms with Crippen molar-refractivity contribution in [1.29, 1.82) is 0 Å². The van der Waals surface area contributed by atoms with E-state index in [4.69, 9.17) is 4.74 Å². The van der Waals surface area contributed by atoms with Crippen molar-refractivity contribution in [2.45, 2.75) is 52.6 Å². The van der Waals surface area contributed by atoms with Crippen LogP contribution in [0.4, 0.5) is 0 Å². The van der Waals surface area contributed by atoms with Gasteiger partial charge in [-0.25, -0.2) is 0 Å². The third kappa shape index (κ3) is 6.50. The molecule has 0 aromatic rings. The van der Waals surface area contributed by atoms with Crippen LogP contribution in [-0.4, -0.2) is 40.5 Å². The highest BCUT2D eigenvalue weighted by Gasteiger charge is 2.33. The first-order valence-corrected chi connectivity index (χ1v) is 12.9. The van der Waals surface area contributed by atoms with Crippen LogP contribution in [0.3, 0.4) is 0 Å². The number of ether oxygens (including phenoxy) is 1. The fourth-order valence-electron chi connectivity index (χ4n) is 2.15. The van der Waals surface area contributed by atoms with Crippen molar-refractivity contribution >= 4 is 16.5 Å². The molecule has 2 nitrogen and oxygen atoms in total. The van der Waals surface area contributed by atoms with E-state index < -0.39 is 16.5 Å². The fourth-order valence-corrected chi connectivity index (χ4v) is 11.9. The summed E-state index contributed by atoms with van der Waals surface area (Å²) < 4.78 is 8.23. The van der Waals surface area contributed by atoms with Crippen LogP contribution in [0, 0.1) is 0 Å². The largest absolute Gasteiger partial charge is 0.382 e. The van der Waals surface area contributed by atoms with Gasteiger partial charge in [0, 0.05) is 13.2 Å². The van der Waals surface area contributed by atoms with Gasteiger partial charge in [0.05, 0.1) is 0 Å². The van der Waals surface area contributed by atoms with Crippen LogP contribution in [0.15, 0.2) is 0 Å². The summed E-state index contributed by atoms with van der Waals surface area (Å²) in [7, 11) is -2.29. The van der Waals surface area contributed by atoms with E-state index in [0.717, 1.165) is 13.2 Å². The highest BCUT2D eigenvalue weighted by Crippen LogP contribution is 2.19. The maximum Gasteiger partial charge on any atom is 0.112 e. The molecule has 0 N–H and O–H groups in total. The molecule has 0 atom stereocenters. The van der Waals surface area contributed by atoms with E-state index in [1.807, 2.05) is 0 Å². The maximum absolute atomic E-state index is 5.41. The lowest BCUT2D eigenvalue weighted by Crippen LogP contribution is -2.59. The molecule has 0 saturated carbocycles. The van der Waals surface area contributed by atoms with Gasteiger partial charge in [0.25, 0.3) is 0 Å². The van der Waals surface area contributed by atoms with Gasteiger partial charge in [-0.2, -0.15) is 0 Å². The fraction of sp³-hybridized carbons (Fsp3) is 1.00. The molecule has 0 bridgehead atoms. The molecule has 0 aliphatic rings. The Labute approximate surface area is 98.2 Å². The minimum absolute atomic E-state index is 0.847. The van der Waals surface area contributed by atoms with Crippen LogP contribution in [0.1, 0.15) is 13.3 Å². The van der Waals surface area contributed by atoms with Crippen LogP contribution in [-0.2, 0) is 4.74 Å². The first-order valence-electron chi connectivity index (χ1n) is 6.05. The van der Waals surface area contributed by atoms with Gasteiger partial charge in [-0.05, 0) is 19.9 Å². The third-order valence-electron chi connectivity index (χ3n) is 2.49. The Morgan fingerprint density at radius 1 is 0.933 bits per heavy atom. The molecule has 0 unspecified atom stereocenters. The average molecular weight is 248 g/mol. The zero-order valence-electron chi connectivity index (χ0n) is 11.7. The lowest BCUT2D eigenvalue weighted by atomic mass is 10.5. The van der Waals surface area contributed by atoms with Crippen LogP contribution in [0.25, 0.3) is 0 Å². The molecule has 0 aromatic heterocycles. The Bertz CT molecular complexity index is 158. The van der Waals surface area contributed by atoms with E-state index in [0.29, 0.717) is 0 Å². The van der Waals surface area contributed by atoms with Gasteiger partial charge in [0.1, 0.15) is 16.5 Å². The summed E-state index contributed by atoms with van der Waals surface area (Å²) >= 11 is 0. The summed E-state index contributed by atoms with van der Waals surface area (Å²) in [5.41, 5.74) is 0. The van der Waals surface area contributed by atoms with E-state index >= 15 is 0 Å². The SMILES string of the molecule is CCOCCCN([Si](C)(C)C)[Si](C)(C)C. The Morgan fingerprint density at radius 3 is 1.73 bits per heavy atom. The second kappa shape index (κ2) is 6.18. The summed E-state index contributed by atoms with van der Waals surface area (Å²) in [6.45, 7) is 19.8. The normalized spacial score (nSPS) is 13.6. The van der Waals surface area contributed by atoms with E-state index in [1.54, 1.807) is 0 Å². The first-order chi connectivity index (χ1) is 6.69. The molecule has 0 amide bonds. The van der Waals surface area contributed by atoms with Crippen molar-refractivity contribution in [2.24, 2.45) is 0 Å². The van der Waals surface area contributed by atoms with E-state index in [-0.39, 0.29) is 0 Å². The Balaban J connectivity index is 4.17. The van der Waals surface area contributed by atoms with Gasteiger partial charge in [-0.1, -0.05) is 39.3 Å². The summed E-state index contributed by atoms with van der Waals surface area (Å²) in [6.07, 6.45) is 1.18. The Hall–Kier alpha value is 0.354. The smallest absolute Gasteiger partial charge is 0.112 e. The molecule has 0 radical (unpaired) electrons. The highest BCUT2D eigenvalue weighted by molar-refractivity contribution is 6.89. The van der Waals surface area contributed by atoms with Crippen molar-refractivity contribution in [3.8, 4) is 0 Å². The van der Waals surface area contributed by atoms with Gasteiger partial charge in [-0.3, -0.25) is 0 Å². The molecule has 0 heterocycles. The molecular formula is C11H29NOSi2.